The van der Waals surface area contributed by atoms with Crippen molar-refractivity contribution in [2.75, 3.05) is 18.5 Å². The normalized spacial score (nSPS) is 10.6. The Morgan fingerprint density at radius 1 is 1.26 bits per heavy atom. The van der Waals surface area contributed by atoms with E-state index in [0.717, 1.165) is 43.1 Å². The number of hydrogen-bond donors (Lipinski definition) is 1. The van der Waals surface area contributed by atoms with Gasteiger partial charge in [0.05, 0.1) is 18.2 Å². The number of rotatable bonds is 7. The van der Waals surface area contributed by atoms with Crippen molar-refractivity contribution >= 4 is 5.82 Å². The van der Waals surface area contributed by atoms with E-state index in [2.05, 4.69) is 22.4 Å². The lowest BCUT2D eigenvalue weighted by Crippen LogP contribution is -2.19. The lowest BCUT2D eigenvalue weighted by atomic mass is 10.3. The van der Waals surface area contributed by atoms with Gasteiger partial charge in [0, 0.05) is 25.7 Å². The highest BCUT2D eigenvalue weighted by Gasteiger charge is 2.05. The zero-order valence-corrected chi connectivity index (χ0v) is 11.5. The molecule has 0 fully saturated rings. The maximum Gasteiger partial charge on any atom is 0.151 e. The van der Waals surface area contributed by atoms with Gasteiger partial charge in [0.25, 0.3) is 0 Å². The van der Waals surface area contributed by atoms with Gasteiger partial charge in [0.1, 0.15) is 0 Å². The van der Waals surface area contributed by atoms with Crippen LogP contribution in [0.2, 0.25) is 0 Å². The molecule has 2 heterocycles. The van der Waals surface area contributed by atoms with Crippen molar-refractivity contribution in [3.8, 4) is 0 Å². The minimum atomic E-state index is 0.763. The fourth-order valence-corrected chi connectivity index (χ4v) is 1.78. The third-order valence-corrected chi connectivity index (χ3v) is 2.83. The molecule has 0 radical (unpaired) electrons. The summed E-state index contributed by atoms with van der Waals surface area (Å²) in [6.07, 6.45) is 4.54. The predicted octanol–water partition coefficient (Wildman–Crippen LogP) is 2.21. The van der Waals surface area contributed by atoms with Gasteiger partial charge >= 0.3 is 0 Å². The Labute approximate surface area is 113 Å². The molecule has 5 heteroatoms. The Balaban J connectivity index is 1.90. The summed E-state index contributed by atoms with van der Waals surface area (Å²) >= 11 is 0. The Bertz CT molecular complexity index is 467. The molecule has 2 aromatic heterocycles. The van der Waals surface area contributed by atoms with Crippen molar-refractivity contribution in [3.63, 3.8) is 0 Å². The Morgan fingerprint density at radius 2 is 2.16 bits per heavy atom. The van der Waals surface area contributed by atoms with Gasteiger partial charge in [0.2, 0.25) is 0 Å². The van der Waals surface area contributed by atoms with Crippen molar-refractivity contribution in [2.24, 2.45) is 0 Å². The third kappa shape index (κ3) is 4.06. The summed E-state index contributed by atoms with van der Waals surface area (Å²) in [5.74, 6) is 0.862. The van der Waals surface area contributed by atoms with Gasteiger partial charge in [0.15, 0.2) is 5.82 Å². The number of anilines is 1. The van der Waals surface area contributed by atoms with Gasteiger partial charge in [-0.05, 0) is 31.2 Å². The Hall–Kier alpha value is -1.88. The first kappa shape index (κ1) is 13.5. The molecule has 0 amide bonds. The maximum atomic E-state index is 5.05. The molecule has 0 saturated heterocycles. The van der Waals surface area contributed by atoms with Crippen LogP contribution in [-0.4, -0.2) is 23.8 Å². The van der Waals surface area contributed by atoms with Crippen LogP contribution in [0.1, 0.15) is 24.6 Å². The second-order valence-electron chi connectivity index (χ2n) is 4.55. The third-order valence-electron chi connectivity index (χ3n) is 2.83. The van der Waals surface area contributed by atoms with Crippen LogP contribution in [-0.2, 0) is 13.1 Å². The fourth-order valence-electron chi connectivity index (χ4n) is 1.78. The Morgan fingerprint density at radius 3 is 2.79 bits per heavy atom. The van der Waals surface area contributed by atoms with Crippen LogP contribution in [0.3, 0.4) is 0 Å². The molecule has 0 unspecified atom stereocenters. The summed E-state index contributed by atoms with van der Waals surface area (Å²) in [7, 11) is 1.99. The van der Waals surface area contributed by atoms with E-state index in [-0.39, 0.29) is 0 Å². The second-order valence-corrected chi connectivity index (χ2v) is 4.55. The molecule has 1 N–H and O–H groups in total. The first-order valence-corrected chi connectivity index (χ1v) is 6.55. The van der Waals surface area contributed by atoms with Gasteiger partial charge in [-0.1, -0.05) is 6.92 Å². The van der Waals surface area contributed by atoms with E-state index in [1.165, 1.54) is 0 Å². The summed E-state index contributed by atoms with van der Waals surface area (Å²) in [5.41, 5.74) is 2.09. The number of hydrogen-bond acceptors (Lipinski definition) is 5. The molecule has 0 aliphatic carbocycles. The molecule has 102 valence electrons. The monoisotopic (exact) mass is 260 g/mol. The van der Waals surface area contributed by atoms with Gasteiger partial charge in [-0.25, -0.2) is 0 Å². The zero-order chi connectivity index (χ0) is 13.5. The van der Waals surface area contributed by atoms with E-state index >= 15 is 0 Å². The lowest BCUT2D eigenvalue weighted by Gasteiger charge is -2.16. The van der Waals surface area contributed by atoms with Crippen molar-refractivity contribution < 1.29 is 4.42 Å². The van der Waals surface area contributed by atoms with E-state index in [4.69, 9.17) is 4.42 Å². The summed E-state index contributed by atoms with van der Waals surface area (Å²) in [5, 5.41) is 11.8. The number of nitrogens with one attached hydrogen (secondary N) is 1. The standard InChI is InChI=1S/C14H20N4O/c1-3-7-15-9-13-4-5-14(17-16-13)18(2)10-12-6-8-19-11-12/h4-6,8,11,15H,3,7,9-10H2,1-2H3. The predicted molar refractivity (Wildman–Crippen MR) is 74.8 cm³/mol. The topological polar surface area (TPSA) is 54.2 Å². The van der Waals surface area contributed by atoms with Crippen LogP contribution in [0.5, 0.6) is 0 Å². The maximum absolute atomic E-state index is 5.05. The van der Waals surface area contributed by atoms with E-state index in [1.807, 2.05) is 30.1 Å². The van der Waals surface area contributed by atoms with E-state index in [1.54, 1.807) is 12.5 Å². The van der Waals surface area contributed by atoms with E-state index in [9.17, 15) is 0 Å². The molecule has 5 nitrogen and oxygen atoms in total. The summed E-state index contributed by atoms with van der Waals surface area (Å²) in [6, 6.07) is 5.96. The molecule has 0 saturated carbocycles. The summed E-state index contributed by atoms with van der Waals surface area (Å²) in [4.78, 5) is 2.04. The summed E-state index contributed by atoms with van der Waals surface area (Å²) < 4.78 is 5.05. The smallest absolute Gasteiger partial charge is 0.151 e. The quantitative estimate of drug-likeness (QED) is 0.773. The minimum absolute atomic E-state index is 0.763. The van der Waals surface area contributed by atoms with Crippen molar-refractivity contribution in [1.82, 2.24) is 15.5 Å². The van der Waals surface area contributed by atoms with Crippen molar-refractivity contribution in [1.29, 1.82) is 0 Å². The largest absolute Gasteiger partial charge is 0.472 e. The first-order valence-electron chi connectivity index (χ1n) is 6.55. The molecule has 0 aliphatic heterocycles. The highest BCUT2D eigenvalue weighted by molar-refractivity contribution is 5.37. The van der Waals surface area contributed by atoms with E-state index in [0.29, 0.717) is 0 Å². The summed E-state index contributed by atoms with van der Waals surface area (Å²) in [6.45, 7) is 4.68. The molecule has 0 aromatic carbocycles. The van der Waals surface area contributed by atoms with Gasteiger partial charge in [-0.15, -0.1) is 5.10 Å². The molecular weight excluding hydrogens is 240 g/mol. The van der Waals surface area contributed by atoms with Crippen LogP contribution in [0.25, 0.3) is 0 Å². The Kier molecular flexibility index (Phi) is 4.92. The fraction of sp³-hybridized carbons (Fsp3) is 0.429. The van der Waals surface area contributed by atoms with Crippen molar-refractivity contribution in [2.45, 2.75) is 26.4 Å². The molecule has 0 bridgehead atoms. The number of furan rings is 1. The second kappa shape index (κ2) is 6.89. The number of nitrogens with zero attached hydrogens (tertiary/aromatic N) is 3. The van der Waals surface area contributed by atoms with Crippen LogP contribution in [0.4, 0.5) is 5.82 Å². The molecule has 19 heavy (non-hydrogen) atoms. The minimum Gasteiger partial charge on any atom is -0.472 e. The van der Waals surface area contributed by atoms with Gasteiger partial charge < -0.3 is 14.6 Å². The SMILES string of the molecule is CCCNCc1ccc(N(C)Cc2ccoc2)nn1. The zero-order valence-electron chi connectivity index (χ0n) is 11.5. The average molecular weight is 260 g/mol. The van der Waals surface area contributed by atoms with Crippen LogP contribution >= 0.6 is 0 Å². The first-order chi connectivity index (χ1) is 9.29. The van der Waals surface area contributed by atoms with Crippen LogP contribution in [0.15, 0.2) is 35.1 Å². The van der Waals surface area contributed by atoms with Crippen molar-refractivity contribution in [3.05, 3.63) is 42.0 Å². The molecule has 0 atom stereocenters. The van der Waals surface area contributed by atoms with Gasteiger partial charge in [-0.2, -0.15) is 5.10 Å². The molecule has 0 spiro atoms. The average Bonchev–Trinajstić information content (AvgIpc) is 2.93. The van der Waals surface area contributed by atoms with Crippen LogP contribution < -0.4 is 10.2 Å². The molecule has 0 aliphatic rings. The van der Waals surface area contributed by atoms with Gasteiger partial charge in [-0.3, -0.25) is 0 Å². The van der Waals surface area contributed by atoms with Crippen LogP contribution in [0, 0.1) is 0 Å². The molecule has 2 aromatic rings. The highest BCUT2D eigenvalue weighted by Crippen LogP contribution is 2.12. The molecular formula is C14H20N4O. The van der Waals surface area contributed by atoms with E-state index < -0.39 is 0 Å². The number of aromatic nitrogens is 2. The highest BCUT2D eigenvalue weighted by atomic mass is 16.3. The molecule has 2 rings (SSSR count). The lowest BCUT2D eigenvalue weighted by molar-refractivity contribution is 0.563.